The van der Waals surface area contributed by atoms with Crippen LogP contribution in [0.15, 0.2) is 72.8 Å². The minimum absolute atomic E-state index is 0.210. The maximum Gasteiger partial charge on any atom is 0.266 e. The molecule has 138 valence electrons. The zero-order valence-electron chi connectivity index (χ0n) is 15.0. The molecular weight excluding hydrogens is 356 g/mol. The van der Waals surface area contributed by atoms with E-state index in [-0.39, 0.29) is 16.7 Å². The lowest BCUT2D eigenvalue weighted by atomic mass is 10.1. The zero-order chi connectivity index (χ0) is 19.7. The summed E-state index contributed by atoms with van der Waals surface area (Å²) >= 11 is 0. The van der Waals surface area contributed by atoms with E-state index in [0.29, 0.717) is 17.1 Å². The van der Waals surface area contributed by atoms with Crippen molar-refractivity contribution >= 4 is 29.1 Å². The number of rotatable bonds is 4. The van der Waals surface area contributed by atoms with E-state index in [4.69, 9.17) is 4.74 Å². The van der Waals surface area contributed by atoms with Gasteiger partial charge in [0.05, 0.1) is 29.6 Å². The Morgan fingerprint density at radius 2 is 1.54 bits per heavy atom. The van der Waals surface area contributed by atoms with Crippen molar-refractivity contribution < 1.29 is 19.1 Å². The van der Waals surface area contributed by atoms with Gasteiger partial charge in [-0.05, 0) is 42.5 Å². The molecule has 0 aromatic heterocycles. The number of ether oxygens (including phenoxy) is 1. The van der Waals surface area contributed by atoms with Crippen LogP contribution in [0.1, 0.15) is 31.1 Å². The van der Waals surface area contributed by atoms with E-state index >= 15 is 0 Å². The Kier molecular flexibility index (Phi) is 4.37. The summed E-state index contributed by atoms with van der Waals surface area (Å²) in [6, 6.07) is 20.2. The number of methoxy groups -OCH3 is 1. The second kappa shape index (κ2) is 7.00. The van der Waals surface area contributed by atoms with Crippen LogP contribution in [0.5, 0.6) is 5.75 Å². The van der Waals surface area contributed by atoms with Crippen LogP contribution in [0, 0.1) is 0 Å². The standard InChI is InChI=1S/C22H16N2O4/c1-28-19-10-6-5-9-18(19)23-20(25)14-11-12-16-17(13-14)22(27)24(21(16)26)15-7-3-2-4-8-15/h2-13H,1H3,(H,23,25). The first-order chi connectivity index (χ1) is 13.6. The second-order valence-corrected chi connectivity index (χ2v) is 6.20. The van der Waals surface area contributed by atoms with Crippen LogP contribution in [0.2, 0.25) is 0 Å². The topological polar surface area (TPSA) is 75.7 Å². The van der Waals surface area contributed by atoms with Gasteiger partial charge < -0.3 is 10.1 Å². The van der Waals surface area contributed by atoms with Gasteiger partial charge in [0, 0.05) is 5.56 Å². The largest absolute Gasteiger partial charge is 0.495 e. The van der Waals surface area contributed by atoms with E-state index < -0.39 is 17.7 Å². The van der Waals surface area contributed by atoms with Crippen molar-refractivity contribution in [3.05, 3.63) is 89.5 Å². The molecule has 3 aromatic carbocycles. The van der Waals surface area contributed by atoms with Gasteiger partial charge in [-0.15, -0.1) is 0 Å². The Labute approximate surface area is 161 Å². The Morgan fingerprint density at radius 3 is 2.29 bits per heavy atom. The van der Waals surface area contributed by atoms with E-state index in [1.54, 1.807) is 48.5 Å². The number of nitrogens with zero attached hydrogens (tertiary/aromatic N) is 1. The molecule has 1 aliphatic rings. The molecule has 3 aromatic rings. The molecule has 0 unspecified atom stereocenters. The van der Waals surface area contributed by atoms with E-state index in [1.165, 1.54) is 25.3 Å². The number of fused-ring (bicyclic) bond motifs is 1. The number of anilines is 2. The molecule has 0 bridgehead atoms. The Balaban J connectivity index is 1.64. The number of carbonyl (C=O) groups excluding carboxylic acids is 3. The highest BCUT2D eigenvalue weighted by molar-refractivity contribution is 6.34. The number of hydrogen-bond acceptors (Lipinski definition) is 4. The fraction of sp³-hybridized carbons (Fsp3) is 0.0455. The monoisotopic (exact) mass is 372 g/mol. The number of imide groups is 1. The van der Waals surface area contributed by atoms with E-state index in [1.807, 2.05) is 6.07 Å². The summed E-state index contributed by atoms with van der Waals surface area (Å²) in [5, 5.41) is 2.76. The Morgan fingerprint density at radius 1 is 0.857 bits per heavy atom. The van der Waals surface area contributed by atoms with Gasteiger partial charge in [-0.2, -0.15) is 0 Å². The van der Waals surface area contributed by atoms with Gasteiger partial charge in [0.25, 0.3) is 17.7 Å². The third-order valence-corrected chi connectivity index (χ3v) is 4.52. The highest BCUT2D eigenvalue weighted by atomic mass is 16.5. The quantitative estimate of drug-likeness (QED) is 0.708. The first-order valence-corrected chi connectivity index (χ1v) is 8.62. The van der Waals surface area contributed by atoms with Crippen LogP contribution in [0.3, 0.4) is 0 Å². The van der Waals surface area contributed by atoms with Crippen molar-refractivity contribution in [2.24, 2.45) is 0 Å². The molecule has 1 heterocycles. The fourth-order valence-corrected chi connectivity index (χ4v) is 3.14. The number of para-hydroxylation sites is 3. The van der Waals surface area contributed by atoms with Gasteiger partial charge in [0.2, 0.25) is 0 Å². The summed E-state index contributed by atoms with van der Waals surface area (Å²) in [5.74, 6) is -0.717. The normalized spacial score (nSPS) is 12.7. The van der Waals surface area contributed by atoms with Gasteiger partial charge >= 0.3 is 0 Å². The van der Waals surface area contributed by atoms with Crippen molar-refractivity contribution in [1.29, 1.82) is 0 Å². The SMILES string of the molecule is COc1ccccc1NC(=O)c1ccc2c(c1)C(=O)N(c1ccccc1)C2=O. The molecule has 1 N–H and O–H groups in total. The molecule has 0 aliphatic carbocycles. The van der Waals surface area contributed by atoms with Crippen molar-refractivity contribution in [2.75, 3.05) is 17.3 Å². The maximum absolute atomic E-state index is 12.8. The molecule has 0 saturated carbocycles. The highest BCUT2D eigenvalue weighted by Gasteiger charge is 2.37. The fourth-order valence-electron chi connectivity index (χ4n) is 3.14. The first-order valence-electron chi connectivity index (χ1n) is 8.62. The Bertz CT molecular complexity index is 1090. The van der Waals surface area contributed by atoms with Crippen molar-refractivity contribution in [3.8, 4) is 5.75 Å². The summed E-state index contributed by atoms with van der Waals surface area (Å²) in [5.41, 5.74) is 1.78. The number of nitrogens with one attached hydrogen (secondary N) is 1. The van der Waals surface area contributed by atoms with Crippen LogP contribution in [0.4, 0.5) is 11.4 Å². The second-order valence-electron chi connectivity index (χ2n) is 6.20. The van der Waals surface area contributed by atoms with Gasteiger partial charge in [0.15, 0.2) is 0 Å². The lowest BCUT2D eigenvalue weighted by Crippen LogP contribution is -2.29. The molecule has 6 heteroatoms. The van der Waals surface area contributed by atoms with Gasteiger partial charge in [-0.25, -0.2) is 4.90 Å². The molecule has 4 rings (SSSR count). The smallest absolute Gasteiger partial charge is 0.266 e. The molecule has 0 fully saturated rings. The van der Waals surface area contributed by atoms with E-state index in [9.17, 15) is 14.4 Å². The molecular formula is C22H16N2O4. The molecule has 6 nitrogen and oxygen atoms in total. The third-order valence-electron chi connectivity index (χ3n) is 4.52. The molecule has 1 aliphatic heterocycles. The molecule has 3 amide bonds. The third kappa shape index (κ3) is 2.91. The molecule has 0 atom stereocenters. The summed E-state index contributed by atoms with van der Waals surface area (Å²) in [6.45, 7) is 0. The van der Waals surface area contributed by atoms with E-state index in [2.05, 4.69) is 5.32 Å². The molecule has 0 saturated heterocycles. The number of benzene rings is 3. The van der Waals surface area contributed by atoms with Gasteiger partial charge in [0.1, 0.15) is 5.75 Å². The van der Waals surface area contributed by atoms with Crippen LogP contribution in [-0.4, -0.2) is 24.8 Å². The average Bonchev–Trinajstić information content (AvgIpc) is 2.99. The van der Waals surface area contributed by atoms with E-state index in [0.717, 1.165) is 4.90 Å². The molecule has 0 spiro atoms. The number of carbonyl (C=O) groups is 3. The molecule has 0 radical (unpaired) electrons. The Hall–Kier alpha value is -3.93. The first kappa shape index (κ1) is 17.5. The van der Waals surface area contributed by atoms with Crippen LogP contribution < -0.4 is 15.0 Å². The summed E-state index contributed by atoms with van der Waals surface area (Å²) < 4.78 is 5.23. The summed E-state index contributed by atoms with van der Waals surface area (Å²) in [6.07, 6.45) is 0. The minimum Gasteiger partial charge on any atom is -0.495 e. The molecule has 28 heavy (non-hydrogen) atoms. The minimum atomic E-state index is -0.446. The lowest BCUT2D eigenvalue weighted by molar-refractivity contribution is 0.0925. The van der Waals surface area contributed by atoms with Crippen molar-refractivity contribution in [2.45, 2.75) is 0 Å². The predicted molar refractivity (Wildman–Crippen MR) is 105 cm³/mol. The van der Waals surface area contributed by atoms with Crippen LogP contribution in [-0.2, 0) is 0 Å². The maximum atomic E-state index is 12.8. The van der Waals surface area contributed by atoms with Crippen LogP contribution in [0.25, 0.3) is 0 Å². The van der Waals surface area contributed by atoms with Crippen LogP contribution >= 0.6 is 0 Å². The predicted octanol–water partition coefficient (Wildman–Crippen LogP) is 3.75. The van der Waals surface area contributed by atoms with Crippen molar-refractivity contribution in [3.63, 3.8) is 0 Å². The highest BCUT2D eigenvalue weighted by Crippen LogP contribution is 2.29. The lowest BCUT2D eigenvalue weighted by Gasteiger charge is -2.13. The zero-order valence-corrected chi connectivity index (χ0v) is 15.0. The van der Waals surface area contributed by atoms with Crippen molar-refractivity contribution in [1.82, 2.24) is 0 Å². The average molecular weight is 372 g/mol. The van der Waals surface area contributed by atoms with Gasteiger partial charge in [-0.3, -0.25) is 14.4 Å². The number of amides is 3. The summed E-state index contributed by atoms with van der Waals surface area (Å²) in [7, 11) is 1.52. The van der Waals surface area contributed by atoms with Gasteiger partial charge in [-0.1, -0.05) is 30.3 Å². The summed E-state index contributed by atoms with van der Waals surface area (Å²) in [4.78, 5) is 39.2. The number of hydrogen-bond donors (Lipinski definition) is 1.